The van der Waals surface area contributed by atoms with Crippen LogP contribution in [0.3, 0.4) is 0 Å². The van der Waals surface area contributed by atoms with E-state index in [1.807, 2.05) is 0 Å². The maximum Gasteiger partial charge on any atom is 0.248 e. The highest BCUT2D eigenvalue weighted by molar-refractivity contribution is 6.06. The van der Waals surface area contributed by atoms with Crippen molar-refractivity contribution in [1.29, 1.82) is 0 Å². The van der Waals surface area contributed by atoms with Crippen molar-refractivity contribution in [3.63, 3.8) is 0 Å². The molecule has 5 nitrogen and oxygen atoms in total. The summed E-state index contributed by atoms with van der Waals surface area (Å²) in [5.74, 6) is -0.638. The van der Waals surface area contributed by atoms with E-state index in [0.717, 1.165) is 12.2 Å². The van der Waals surface area contributed by atoms with Crippen LogP contribution in [-0.2, 0) is 9.59 Å². The smallest absolute Gasteiger partial charge is 0.248 e. The fourth-order valence-electron chi connectivity index (χ4n) is 1.73. The number of rotatable bonds is 5. The van der Waals surface area contributed by atoms with Crippen LogP contribution in [0.2, 0.25) is 0 Å². The third-order valence-electron chi connectivity index (χ3n) is 2.86. The first-order valence-electron chi connectivity index (χ1n) is 6.76. The van der Waals surface area contributed by atoms with Gasteiger partial charge in [0.25, 0.3) is 0 Å². The van der Waals surface area contributed by atoms with Gasteiger partial charge >= 0.3 is 0 Å². The number of nitrogens with one attached hydrogen (secondary N) is 2. The molecule has 0 bridgehead atoms. The summed E-state index contributed by atoms with van der Waals surface area (Å²) < 4.78 is 17.8. The minimum Gasteiger partial charge on any atom is -0.497 e. The van der Waals surface area contributed by atoms with Gasteiger partial charge in [0.2, 0.25) is 11.8 Å². The quantitative estimate of drug-likeness (QED) is 0.834. The second kappa shape index (κ2) is 7.74. The van der Waals surface area contributed by atoms with Crippen LogP contribution in [0.25, 0.3) is 0 Å². The van der Waals surface area contributed by atoms with Crippen LogP contribution in [0.15, 0.2) is 60.7 Å². The summed E-state index contributed by atoms with van der Waals surface area (Å²) in [7, 11) is 1.55. The fraction of sp³-hybridized carbons (Fsp3) is 0.0588. The third kappa shape index (κ3) is 5.28. The number of amides is 2. The SMILES string of the molecule is COc1ccc(NC(=O)C=CC(=O)Nc2ccc(F)cc2)cc1. The minimum absolute atomic E-state index is 0.391. The van der Waals surface area contributed by atoms with Gasteiger partial charge in [-0.25, -0.2) is 4.39 Å². The monoisotopic (exact) mass is 314 g/mol. The lowest BCUT2D eigenvalue weighted by atomic mass is 10.3. The Balaban J connectivity index is 1.86. The van der Waals surface area contributed by atoms with Crippen molar-refractivity contribution in [2.24, 2.45) is 0 Å². The van der Waals surface area contributed by atoms with Crippen molar-refractivity contribution in [1.82, 2.24) is 0 Å². The molecule has 0 aromatic heterocycles. The number of carbonyl (C=O) groups excluding carboxylic acids is 2. The number of halogens is 1. The van der Waals surface area contributed by atoms with E-state index in [2.05, 4.69) is 10.6 Å². The molecule has 2 aromatic carbocycles. The van der Waals surface area contributed by atoms with Crippen molar-refractivity contribution >= 4 is 23.2 Å². The van der Waals surface area contributed by atoms with Crippen LogP contribution < -0.4 is 15.4 Å². The third-order valence-corrected chi connectivity index (χ3v) is 2.86. The summed E-state index contributed by atoms with van der Waals surface area (Å²) in [6, 6.07) is 12.1. The van der Waals surface area contributed by atoms with Gasteiger partial charge in [0.05, 0.1) is 7.11 Å². The molecule has 0 unspecified atom stereocenters. The van der Waals surface area contributed by atoms with Gasteiger partial charge in [-0.2, -0.15) is 0 Å². The first kappa shape index (κ1) is 16.2. The first-order valence-corrected chi connectivity index (χ1v) is 6.76. The van der Waals surface area contributed by atoms with Crippen LogP contribution in [-0.4, -0.2) is 18.9 Å². The molecule has 0 fully saturated rings. The summed E-state index contributed by atoms with van der Waals surface area (Å²) in [6.07, 6.45) is 2.21. The lowest BCUT2D eigenvalue weighted by Crippen LogP contribution is -2.12. The summed E-state index contributed by atoms with van der Waals surface area (Å²) in [5, 5.41) is 5.12. The average molecular weight is 314 g/mol. The summed E-state index contributed by atoms with van der Waals surface area (Å²) >= 11 is 0. The zero-order valence-corrected chi connectivity index (χ0v) is 12.4. The van der Waals surface area contributed by atoms with E-state index >= 15 is 0 Å². The number of methoxy groups -OCH3 is 1. The van der Waals surface area contributed by atoms with E-state index in [9.17, 15) is 14.0 Å². The van der Waals surface area contributed by atoms with Gasteiger partial charge in [-0.1, -0.05) is 0 Å². The maximum atomic E-state index is 12.7. The molecule has 0 radical (unpaired) electrons. The zero-order chi connectivity index (χ0) is 16.7. The van der Waals surface area contributed by atoms with E-state index in [1.54, 1.807) is 31.4 Å². The average Bonchev–Trinajstić information content (AvgIpc) is 2.56. The Kier molecular flexibility index (Phi) is 5.46. The number of ether oxygens (including phenoxy) is 1. The summed E-state index contributed by atoms with van der Waals surface area (Å²) in [6.45, 7) is 0. The molecule has 23 heavy (non-hydrogen) atoms. The molecule has 0 saturated carbocycles. The van der Waals surface area contributed by atoms with Gasteiger partial charge in [-0.3, -0.25) is 9.59 Å². The van der Waals surface area contributed by atoms with Gasteiger partial charge in [0.15, 0.2) is 0 Å². The molecule has 2 N–H and O–H groups in total. The predicted octanol–water partition coefficient (Wildman–Crippen LogP) is 2.97. The highest BCUT2D eigenvalue weighted by atomic mass is 19.1. The summed E-state index contributed by atoms with van der Waals surface area (Å²) in [4.78, 5) is 23.4. The molecule has 0 heterocycles. The van der Waals surface area contributed by atoms with Crippen molar-refractivity contribution in [3.05, 3.63) is 66.5 Å². The Bertz CT molecular complexity index is 710. The molecule has 0 atom stereocenters. The lowest BCUT2D eigenvalue weighted by Gasteiger charge is -2.04. The maximum absolute atomic E-state index is 12.7. The Morgan fingerprint density at radius 2 is 1.30 bits per heavy atom. The molecule has 2 aromatic rings. The van der Waals surface area contributed by atoms with Crippen LogP contribution >= 0.6 is 0 Å². The largest absolute Gasteiger partial charge is 0.497 e. The molecule has 0 aliphatic heterocycles. The second-order valence-electron chi connectivity index (χ2n) is 4.55. The standard InChI is InChI=1S/C17H15FN2O3/c1-23-15-8-6-14(7-9-15)20-17(22)11-10-16(21)19-13-4-2-12(18)3-5-13/h2-11H,1H3,(H,19,21)(H,20,22). The van der Waals surface area contributed by atoms with Crippen molar-refractivity contribution in [2.45, 2.75) is 0 Å². The van der Waals surface area contributed by atoms with Crippen LogP contribution in [0.4, 0.5) is 15.8 Å². The van der Waals surface area contributed by atoms with E-state index in [1.165, 1.54) is 24.3 Å². The van der Waals surface area contributed by atoms with E-state index < -0.39 is 17.6 Å². The van der Waals surface area contributed by atoms with Crippen molar-refractivity contribution < 1.29 is 18.7 Å². The second-order valence-corrected chi connectivity index (χ2v) is 4.55. The summed E-state index contributed by atoms with van der Waals surface area (Å²) in [5.41, 5.74) is 1.02. The topological polar surface area (TPSA) is 67.4 Å². The van der Waals surface area contributed by atoms with E-state index in [-0.39, 0.29) is 0 Å². The van der Waals surface area contributed by atoms with Crippen LogP contribution in [0.5, 0.6) is 5.75 Å². The molecule has 0 saturated heterocycles. The number of anilines is 2. The van der Waals surface area contributed by atoms with Gasteiger partial charge in [-0.05, 0) is 48.5 Å². The van der Waals surface area contributed by atoms with E-state index in [4.69, 9.17) is 4.74 Å². The van der Waals surface area contributed by atoms with Crippen LogP contribution in [0, 0.1) is 5.82 Å². The van der Waals surface area contributed by atoms with Gasteiger partial charge in [0.1, 0.15) is 11.6 Å². The Morgan fingerprint density at radius 3 is 1.74 bits per heavy atom. The molecule has 0 aliphatic carbocycles. The molecule has 2 amide bonds. The van der Waals surface area contributed by atoms with Crippen molar-refractivity contribution in [2.75, 3.05) is 17.7 Å². The molecular formula is C17H15FN2O3. The van der Waals surface area contributed by atoms with Crippen molar-refractivity contribution in [3.8, 4) is 5.75 Å². The first-order chi connectivity index (χ1) is 11.1. The number of hydrogen-bond acceptors (Lipinski definition) is 3. The Morgan fingerprint density at radius 1 is 0.870 bits per heavy atom. The number of hydrogen-bond donors (Lipinski definition) is 2. The van der Waals surface area contributed by atoms with Gasteiger partial charge in [0, 0.05) is 23.5 Å². The minimum atomic E-state index is -0.485. The molecule has 0 aliphatic rings. The number of benzene rings is 2. The molecule has 2 rings (SSSR count). The van der Waals surface area contributed by atoms with Gasteiger partial charge in [-0.15, -0.1) is 0 Å². The Labute approximate surface area is 132 Å². The highest BCUT2D eigenvalue weighted by Gasteiger charge is 2.01. The molecule has 6 heteroatoms. The zero-order valence-electron chi connectivity index (χ0n) is 12.4. The lowest BCUT2D eigenvalue weighted by molar-refractivity contribution is -0.114. The fourth-order valence-corrected chi connectivity index (χ4v) is 1.73. The highest BCUT2D eigenvalue weighted by Crippen LogP contribution is 2.14. The predicted molar refractivity (Wildman–Crippen MR) is 85.8 cm³/mol. The van der Waals surface area contributed by atoms with Crippen LogP contribution in [0.1, 0.15) is 0 Å². The molecular weight excluding hydrogens is 299 g/mol. The Hall–Kier alpha value is -3.15. The number of carbonyl (C=O) groups is 2. The van der Waals surface area contributed by atoms with E-state index in [0.29, 0.717) is 17.1 Å². The van der Waals surface area contributed by atoms with Gasteiger partial charge < -0.3 is 15.4 Å². The molecule has 118 valence electrons. The molecule has 0 spiro atoms. The normalized spacial score (nSPS) is 10.3.